The van der Waals surface area contributed by atoms with Crippen molar-refractivity contribution in [1.29, 1.82) is 0 Å². The summed E-state index contributed by atoms with van der Waals surface area (Å²) in [6, 6.07) is 25.9. The van der Waals surface area contributed by atoms with Crippen molar-refractivity contribution in [3.05, 3.63) is 129 Å². The summed E-state index contributed by atoms with van der Waals surface area (Å²) in [6.07, 6.45) is 0.882. The van der Waals surface area contributed by atoms with E-state index in [1.807, 2.05) is 37.3 Å². The van der Waals surface area contributed by atoms with E-state index in [0.717, 1.165) is 15.4 Å². The van der Waals surface area contributed by atoms with Gasteiger partial charge in [0.15, 0.2) is 0 Å². The van der Waals surface area contributed by atoms with Crippen LogP contribution in [0.1, 0.15) is 30.0 Å². The highest BCUT2D eigenvalue weighted by Crippen LogP contribution is 2.29. The van der Waals surface area contributed by atoms with Crippen molar-refractivity contribution >= 4 is 62.3 Å². The van der Waals surface area contributed by atoms with Crippen LogP contribution in [-0.2, 0) is 32.6 Å². The van der Waals surface area contributed by atoms with Gasteiger partial charge in [0.1, 0.15) is 12.6 Å². The number of anilines is 1. The second-order valence-electron chi connectivity index (χ2n) is 10.5. The molecule has 4 rings (SSSR count). The summed E-state index contributed by atoms with van der Waals surface area (Å²) in [5.74, 6) is -0.972. The Morgan fingerprint density at radius 1 is 0.844 bits per heavy atom. The van der Waals surface area contributed by atoms with E-state index in [-0.39, 0.29) is 29.5 Å². The monoisotopic (exact) mass is 685 g/mol. The van der Waals surface area contributed by atoms with Crippen molar-refractivity contribution in [3.63, 3.8) is 0 Å². The maximum absolute atomic E-state index is 14.5. The van der Waals surface area contributed by atoms with Gasteiger partial charge in [-0.1, -0.05) is 102 Å². The van der Waals surface area contributed by atoms with E-state index >= 15 is 0 Å². The van der Waals surface area contributed by atoms with E-state index in [0.29, 0.717) is 33.6 Å². The number of amides is 2. The van der Waals surface area contributed by atoms with Gasteiger partial charge in [0, 0.05) is 34.6 Å². The van der Waals surface area contributed by atoms with E-state index in [2.05, 4.69) is 5.32 Å². The first kappa shape index (κ1) is 34.3. The highest BCUT2D eigenvalue weighted by atomic mass is 35.5. The Bertz CT molecular complexity index is 1740. The zero-order valence-corrected chi connectivity index (χ0v) is 28.0. The summed E-state index contributed by atoms with van der Waals surface area (Å²) in [5.41, 5.74) is 2.33. The minimum atomic E-state index is -4.23. The Morgan fingerprint density at radius 3 is 2.13 bits per heavy atom. The molecule has 45 heavy (non-hydrogen) atoms. The SMILES string of the molecule is CCCNC(=O)[C@H](Cc1ccccc1)N(Cc1ccc(Cl)cc1Cl)C(=O)CN(c1ccc(C)c(Cl)c1)S(=O)(=O)c1ccccc1. The van der Waals surface area contributed by atoms with Crippen LogP contribution in [0.2, 0.25) is 15.1 Å². The first-order valence-corrected chi connectivity index (χ1v) is 17.0. The van der Waals surface area contributed by atoms with Crippen molar-refractivity contribution in [2.45, 2.75) is 44.2 Å². The topological polar surface area (TPSA) is 86.8 Å². The summed E-state index contributed by atoms with van der Waals surface area (Å²) in [7, 11) is -4.23. The van der Waals surface area contributed by atoms with Crippen molar-refractivity contribution in [1.82, 2.24) is 10.2 Å². The number of halogens is 3. The standard InChI is InChI=1S/C34H34Cl3N3O4S/c1-3-18-38-34(42)32(19-25-10-6-4-7-11-25)39(22-26-15-16-27(35)20-31(26)37)33(41)23-40(28-17-14-24(2)30(36)21-28)45(43,44)29-12-8-5-9-13-29/h4-17,20-21,32H,3,18-19,22-23H2,1-2H3,(H,38,42)/t32-/m0/s1. The molecule has 0 spiro atoms. The van der Waals surface area contributed by atoms with Crippen LogP contribution in [0, 0.1) is 6.92 Å². The highest BCUT2D eigenvalue weighted by Gasteiger charge is 2.35. The maximum atomic E-state index is 14.5. The Hall–Kier alpha value is -3.56. The van der Waals surface area contributed by atoms with Gasteiger partial charge in [0.05, 0.1) is 10.6 Å². The number of hydrogen-bond acceptors (Lipinski definition) is 4. The predicted molar refractivity (Wildman–Crippen MR) is 181 cm³/mol. The largest absolute Gasteiger partial charge is 0.354 e. The molecule has 0 radical (unpaired) electrons. The molecule has 0 aliphatic heterocycles. The van der Waals surface area contributed by atoms with Crippen molar-refractivity contribution in [3.8, 4) is 0 Å². The number of rotatable bonds is 13. The van der Waals surface area contributed by atoms with Crippen molar-refractivity contribution in [2.75, 3.05) is 17.4 Å². The number of hydrogen-bond donors (Lipinski definition) is 1. The molecule has 236 valence electrons. The normalized spacial score (nSPS) is 11.9. The van der Waals surface area contributed by atoms with Gasteiger partial charge in [-0.25, -0.2) is 8.42 Å². The predicted octanol–water partition coefficient (Wildman–Crippen LogP) is 7.32. The highest BCUT2D eigenvalue weighted by molar-refractivity contribution is 7.92. The zero-order chi connectivity index (χ0) is 32.6. The van der Waals surface area contributed by atoms with Crippen LogP contribution in [0.5, 0.6) is 0 Å². The molecule has 4 aromatic carbocycles. The molecule has 1 atom stereocenters. The summed E-state index contributed by atoms with van der Waals surface area (Å²) >= 11 is 19.1. The molecule has 0 aliphatic rings. The Labute approximate surface area is 279 Å². The van der Waals surface area contributed by atoms with Gasteiger partial charge in [0.25, 0.3) is 10.0 Å². The van der Waals surface area contributed by atoms with Gasteiger partial charge in [-0.3, -0.25) is 13.9 Å². The van der Waals surface area contributed by atoms with Crippen LogP contribution in [0.25, 0.3) is 0 Å². The van der Waals surface area contributed by atoms with Crippen molar-refractivity contribution in [2.24, 2.45) is 0 Å². The van der Waals surface area contributed by atoms with Gasteiger partial charge in [-0.05, 0) is 66.4 Å². The lowest BCUT2D eigenvalue weighted by Gasteiger charge is -2.34. The van der Waals surface area contributed by atoms with Crippen molar-refractivity contribution < 1.29 is 18.0 Å². The molecule has 1 N–H and O–H groups in total. The minimum Gasteiger partial charge on any atom is -0.354 e. The van der Waals surface area contributed by atoms with Crippen LogP contribution in [0.4, 0.5) is 5.69 Å². The molecule has 11 heteroatoms. The molecule has 2 amide bonds. The first-order valence-electron chi connectivity index (χ1n) is 14.4. The fourth-order valence-corrected chi connectivity index (χ4v) is 6.81. The zero-order valence-electron chi connectivity index (χ0n) is 24.9. The third-order valence-electron chi connectivity index (χ3n) is 7.23. The number of sulfonamides is 1. The number of nitrogens with one attached hydrogen (secondary N) is 1. The van der Waals surface area contributed by atoms with E-state index in [4.69, 9.17) is 34.8 Å². The van der Waals surface area contributed by atoms with Crippen LogP contribution in [0.3, 0.4) is 0 Å². The molecular formula is C34H34Cl3N3O4S. The van der Waals surface area contributed by atoms with E-state index in [9.17, 15) is 18.0 Å². The number of carbonyl (C=O) groups excluding carboxylic acids is 2. The lowest BCUT2D eigenvalue weighted by molar-refractivity contribution is -0.140. The fraction of sp³-hybridized carbons (Fsp3) is 0.235. The Kier molecular flexibility index (Phi) is 11.9. The molecule has 0 aromatic heterocycles. The fourth-order valence-electron chi connectivity index (χ4n) is 4.74. The maximum Gasteiger partial charge on any atom is 0.264 e. The quantitative estimate of drug-likeness (QED) is 0.160. The molecule has 0 heterocycles. The molecule has 0 fully saturated rings. The van der Waals surface area contributed by atoms with Crippen LogP contribution >= 0.6 is 34.8 Å². The van der Waals surface area contributed by atoms with E-state index in [1.54, 1.807) is 55.5 Å². The summed E-state index contributed by atoms with van der Waals surface area (Å²) in [6.45, 7) is 3.47. The molecule has 0 bridgehead atoms. The van der Waals surface area contributed by atoms with Gasteiger partial charge in [-0.2, -0.15) is 0 Å². The average molecular weight is 687 g/mol. The minimum absolute atomic E-state index is 0.00307. The smallest absolute Gasteiger partial charge is 0.264 e. The second kappa shape index (κ2) is 15.6. The molecule has 0 saturated carbocycles. The summed E-state index contributed by atoms with van der Waals surface area (Å²) in [5, 5.41) is 3.99. The van der Waals surface area contributed by atoms with E-state index in [1.165, 1.54) is 23.1 Å². The molecule has 4 aromatic rings. The Balaban J connectivity index is 1.82. The number of aryl methyl sites for hydroxylation is 1. The van der Waals surface area contributed by atoms with E-state index < -0.39 is 28.5 Å². The van der Waals surface area contributed by atoms with Gasteiger partial charge in [-0.15, -0.1) is 0 Å². The van der Waals surface area contributed by atoms with Crippen LogP contribution in [0.15, 0.2) is 102 Å². The molecule has 0 aliphatic carbocycles. The third-order valence-corrected chi connectivity index (χ3v) is 10.0. The molecule has 7 nitrogen and oxygen atoms in total. The Morgan fingerprint density at radius 2 is 1.51 bits per heavy atom. The summed E-state index contributed by atoms with van der Waals surface area (Å²) < 4.78 is 29.2. The van der Waals surface area contributed by atoms with Gasteiger partial charge in [0.2, 0.25) is 11.8 Å². The van der Waals surface area contributed by atoms with Gasteiger partial charge >= 0.3 is 0 Å². The van der Waals surface area contributed by atoms with Crippen LogP contribution < -0.4 is 9.62 Å². The lowest BCUT2D eigenvalue weighted by atomic mass is 10.0. The number of nitrogens with zero attached hydrogens (tertiary/aromatic N) is 2. The molecular weight excluding hydrogens is 653 g/mol. The second-order valence-corrected chi connectivity index (χ2v) is 13.6. The summed E-state index contributed by atoms with van der Waals surface area (Å²) in [4.78, 5) is 29.6. The van der Waals surface area contributed by atoms with Gasteiger partial charge < -0.3 is 10.2 Å². The average Bonchev–Trinajstić information content (AvgIpc) is 3.03. The third kappa shape index (κ3) is 8.79. The first-order chi connectivity index (χ1) is 21.5. The lowest BCUT2D eigenvalue weighted by Crippen LogP contribution is -2.53. The number of benzene rings is 4. The molecule has 0 unspecified atom stereocenters. The molecule has 0 saturated heterocycles. The number of carbonyl (C=O) groups is 2. The van der Waals surface area contributed by atoms with Crippen LogP contribution in [-0.4, -0.2) is 44.3 Å².